The van der Waals surface area contributed by atoms with Crippen LogP contribution in [0.15, 0.2) is 18.2 Å². The molecule has 1 aromatic rings. The van der Waals surface area contributed by atoms with E-state index in [1.807, 2.05) is 0 Å². The van der Waals surface area contributed by atoms with Gasteiger partial charge in [0.2, 0.25) is 0 Å². The van der Waals surface area contributed by atoms with Crippen molar-refractivity contribution in [2.24, 2.45) is 0 Å². The first-order chi connectivity index (χ1) is 7.72. The van der Waals surface area contributed by atoms with Gasteiger partial charge in [-0.15, -0.1) is 0 Å². The van der Waals surface area contributed by atoms with Crippen LogP contribution in [0.5, 0.6) is 0 Å². The zero-order chi connectivity index (χ0) is 11.5. The number of rotatable bonds is 1. The van der Waals surface area contributed by atoms with Gasteiger partial charge in [0.25, 0.3) is 0 Å². The Bertz CT molecular complexity index is 546. The molecule has 16 heavy (non-hydrogen) atoms. The first-order valence-corrected chi connectivity index (χ1v) is 4.55. The first-order valence-electron chi connectivity index (χ1n) is 4.55. The summed E-state index contributed by atoms with van der Waals surface area (Å²) in [5, 5.41) is 0. The Morgan fingerprint density at radius 1 is 1.19 bits per heavy atom. The van der Waals surface area contributed by atoms with Gasteiger partial charge in [0.15, 0.2) is 0 Å². The maximum absolute atomic E-state index is 11.2. The number of cyclic esters (lactones) is 2. The van der Waals surface area contributed by atoms with Crippen LogP contribution in [0.4, 0.5) is 0 Å². The summed E-state index contributed by atoms with van der Waals surface area (Å²) in [5.74, 6) is 4.04. The van der Waals surface area contributed by atoms with E-state index in [-0.39, 0.29) is 17.5 Å². The van der Waals surface area contributed by atoms with Gasteiger partial charge in [0, 0.05) is 5.56 Å². The second kappa shape index (κ2) is 3.99. The molecule has 1 aromatic carbocycles. The predicted octanol–water partition coefficient (Wildman–Crippen LogP) is 0.938. The molecule has 78 valence electrons. The predicted molar refractivity (Wildman–Crippen MR) is 53.7 cm³/mol. The first kappa shape index (κ1) is 10.1. The normalized spacial score (nSPS) is 12.5. The number of aldehydes is 1. The molecule has 0 unspecified atom stereocenters. The molecular weight excluding hydrogens is 208 g/mol. The third kappa shape index (κ3) is 1.71. The molecule has 1 aliphatic heterocycles. The average Bonchev–Trinajstić information content (AvgIpc) is 2.55. The minimum absolute atomic E-state index is 0.139. The number of carbonyl (C=O) groups excluding carboxylic acids is 3. The van der Waals surface area contributed by atoms with Crippen molar-refractivity contribution in [3.8, 4) is 11.8 Å². The van der Waals surface area contributed by atoms with Crippen molar-refractivity contribution < 1.29 is 19.1 Å². The zero-order valence-electron chi connectivity index (χ0n) is 8.15. The Hall–Kier alpha value is -2.41. The Balaban J connectivity index is 2.38. The van der Waals surface area contributed by atoms with Crippen LogP contribution in [0.3, 0.4) is 0 Å². The van der Waals surface area contributed by atoms with Gasteiger partial charge in [-0.3, -0.25) is 0 Å². The summed E-state index contributed by atoms with van der Waals surface area (Å²) >= 11 is 0. The quantitative estimate of drug-likeness (QED) is 0.302. The van der Waals surface area contributed by atoms with E-state index >= 15 is 0 Å². The lowest BCUT2D eigenvalue weighted by molar-refractivity contribution is -0.107. The van der Waals surface area contributed by atoms with Crippen molar-refractivity contribution in [3.05, 3.63) is 34.9 Å². The van der Waals surface area contributed by atoms with Crippen LogP contribution in [0.25, 0.3) is 0 Å². The van der Waals surface area contributed by atoms with Gasteiger partial charge in [0.05, 0.1) is 17.5 Å². The molecule has 0 spiro atoms. The minimum atomic E-state index is -0.654. The summed E-state index contributed by atoms with van der Waals surface area (Å²) in [6, 6.07) is 4.59. The van der Waals surface area contributed by atoms with Crippen molar-refractivity contribution in [2.75, 3.05) is 0 Å². The number of hydrogen-bond donors (Lipinski definition) is 0. The SMILES string of the molecule is O=CCC#Cc1ccc2c(c1)C(=O)OC2=O. The van der Waals surface area contributed by atoms with E-state index in [0.717, 1.165) is 0 Å². The van der Waals surface area contributed by atoms with Gasteiger partial charge in [-0.1, -0.05) is 11.8 Å². The van der Waals surface area contributed by atoms with Crippen LogP contribution < -0.4 is 0 Å². The van der Waals surface area contributed by atoms with Crippen molar-refractivity contribution in [1.82, 2.24) is 0 Å². The van der Waals surface area contributed by atoms with Crippen LogP contribution >= 0.6 is 0 Å². The molecule has 0 N–H and O–H groups in total. The highest BCUT2D eigenvalue weighted by molar-refractivity contribution is 6.14. The van der Waals surface area contributed by atoms with Gasteiger partial charge < -0.3 is 9.53 Å². The summed E-state index contributed by atoms with van der Waals surface area (Å²) in [5.41, 5.74) is 1.06. The van der Waals surface area contributed by atoms with E-state index in [2.05, 4.69) is 16.6 Å². The topological polar surface area (TPSA) is 60.4 Å². The lowest BCUT2D eigenvalue weighted by Gasteiger charge is -1.92. The fraction of sp³-hybridized carbons (Fsp3) is 0.0833. The number of ether oxygens (including phenoxy) is 1. The standard InChI is InChI=1S/C12H6O4/c13-6-2-1-3-8-4-5-9-10(7-8)12(15)16-11(9)14/h4-7H,2H2. The molecule has 4 heteroatoms. The molecule has 0 fully saturated rings. The van der Waals surface area contributed by atoms with E-state index in [9.17, 15) is 14.4 Å². The van der Waals surface area contributed by atoms with Crippen LogP contribution in [-0.2, 0) is 9.53 Å². The zero-order valence-corrected chi connectivity index (χ0v) is 8.15. The largest absolute Gasteiger partial charge is 0.386 e. The summed E-state index contributed by atoms with van der Waals surface area (Å²) in [4.78, 5) is 32.4. The number of carbonyl (C=O) groups is 3. The molecule has 0 aromatic heterocycles. The number of hydrogen-bond acceptors (Lipinski definition) is 4. The summed E-state index contributed by atoms with van der Waals surface area (Å²) < 4.78 is 4.43. The lowest BCUT2D eigenvalue weighted by atomic mass is 10.1. The van der Waals surface area contributed by atoms with Crippen LogP contribution in [0.2, 0.25) is 0 Å². The highest BCUT2D eigenvalue weighted by Gasteiger charge is 2.29. The Morgan fingerprint density at radius 3 is 2.69 bits per heavy atom. The smallest absolute Gasteiger partial charge is 0.346 e. The minimum Gasteiger partial charge on any atom is -0.386 e. The molecule has 1 aliphatic rings. The number of benzene rings is 1. The van der Waals surface area contributed by atoms with Crippen LogP contribution in [0, 0.1) is 11.8 Å². The molecule has 0 radical (unpaired) electrons. The highest BCUT2D eigenvalue weighted by Crippen LogP contribution is 2.20. The second-order valence-corrected chi connectivity index (χ2v) is 3.11. The molecule has 0 saturated carbocycles. The molecule has 4 nitrogen and oxygen atoms in total. The summed E-state index contributed by atoms with van der Waals surface area (Å²) in [7, 11) is 0. The molecule has 0 aliphatic carbocycles. The van der Waals surface area contributed by atoms with Gasteiger partial charge in [-0.2, -0.15) is 0 Å². The lowest BCUT2D eigenvalue weighted by Crippen LogP contribution is -1.96. The maximum atomic E-state index is 11.2. The molecule has 0 bridgehead atoms. The van der Waals surface area contributed by atoms with E-state index < -0.39 is 11.9 Å². The third-order valence-electron chi connectivity index (χ3n) is 2.06. The van der Waals surface area contributed by atoms with E-state index in [1.54, 1.807) is 6.07 Å². The van der Waals surface area contributed by atoms with Crippen molar-refractivity contribution >= 4 is 18.2 Å². The fourth-order valence-electron chi connectivity index (χ4n) is 1.36. The Labute approximate surface area is 91.2 Å². The molecule has 0 saturated heterocycles. The van der Waals surface area contributed by atoms with E-state index in [1.165, 1.54) is 12.1 Å². The Morgan fingerprint density at radius 2 is 1.94 bits per heavy atom. The second-order valence-electron chi connectivity index (χ2n) is 3.11. The average molecular weight is 214 g/mol. The van der Waals surface area contributed by atoms with Gasteiger partial charge in [-0.05, 0) is 18.2 Å². The molecule has 1 heterocycles. The summed E-state index contributed by atoms with van der Waals surface area (Å²) in [6.07, 6.45) is 0.832. The van der Waals surface area contributed by atoms with Crippen molar-refractivity contribution in [2.45, 2.75) is 6.42 Å². The summed E-state index contributed by atoms with van der Waals surface area (Å²) in [6.45, 7) is 0. The molecule has 2 rings (SSSR count). The van der Waals surface area contributed by atoms with Crippen molar-refractivity contribution in [1.29, 1.82) is 0 Å². The van der Waals surface area contributed by atoms with Gasteiger partial charge >= 0.3 is 11.9 Å². The van der Waals surface area contributed by atoms with Gasteiger partial charge in [0.1, 0.15) is 6.29 Å². The maximum Gasteiger partial charge on any atom is 0.346 e. The molecule has 0 amide bonds. The van der Waals surface area contributed by atoms with E-state index in [4.69, 9.17) is 0 Å². The fourth-order valence-corrected chi connectivity index (χ4v) is 1.36. The Kier molecular flexibility index (Phi) is 2.52. The van der Waals surface area contributed by atoms with Crippen molar-refractivity contribution in [3.63, 3.8) is 0 Å². The highest BCUT2D eigenvalue weighted by atomic mass is 16.6. The third-order valence-corrected chi connectivity index (χ3v) is 2.06. The van der Waals surface area contributed by atoms with Gasteiger partial charge in [-0.25, -0.2) is 9.59 Å². The van der Waals surface area contributed by atoms with Crippen LogP contribution in [-0.4, -0.2) is 18.2 Å². The molecular formula is C12H6O4. The van der Waals surface area contributed by atoms with Crippen LogP contribution in [0.1, 0.15) is 32.7 Å². The number of fused-ring (bicyclic) bond motifs is 1. The van der Waals surface area contributed by atoms with E-state index in [0.29, 0.717) is 11.8 Å². The monoisotopic (exact) mass is 214 g/mol. The molecule has 0 atom stereocenters. The number of esters is 2.